The smallest absolute Gasteiger partial charge is 0.341 e. The Morgan fingerprint density at radius 1 is 1.14 bits per heavy atom. The summed E-state index contributed by atoms with van der Waals surface area (Å²) in [6.45, 7) is 7.00. The predicted octanol–water partition coefficient (Wildman–Crippen LogP) is 2.89. The zero-order valence-corrected chi connectivity index (χ0v) is 12.5. The molecule has 1 aromatic heterocycles. The van der Waals surface area contributed by atoms with E-state index in [9.17, 15) is 9.59 Å². The summed E-state index contributed by atoms with van der Waals surface area (Å²) in [5.74, 6) is -1.20. The van der Waals surface area contributed by atoms with Gasteiger partial charge >= 0.3 is 5.97 Å². The normalized spacial score (nSPS) is 11.4. The van der Waals surface area contributed by atoms with Gasteiger partial charge in [-0.15, -0.1) is 0 Å². The van der Waals surface area contributed by atoms with E-state index in [1.807, 2.05) is 12.1 Å². The van der Waals surface area contributed by atoms with E-state index < -0.39 is 11.4 Å². The van der Waals surface area contributed by atoms with Gasteiger partial charge in [0.15, 0.2) is 5.43 Å². The average Bonchev–Trinajstić information content (AvgIpc) is 2.40. The van der Waals surface area contributed by atoms with Gasteiger partial charge in [-0.2, -0.15) is 0 Å². The fraction of sp³-hybridized carbons (Fsp3) is 0.294. The zero-order chi connectivity index (χ0) is 15.6. The Bertz CT molecular complexity index is 706. The van der Waals surface area contributed by atoms with Crippen LogP contribution in [0.1, 0.15) is 42.3 Å². The largest absolute Gasteiger partial charge is 0.477 e. The summed E-state index contributed by atoms with van der Waals surface area (Å²) in [6, 6.07) is 9.50. The van der Waals surface area contributed by atoms with E-state index in [1.165, 1.54) is 17.8 Å². The number of aromatic nitrogens is 1. The van der Waals surface area contributed by atoms with E-state index >= 15 is 0 Å². The van der Waals surface area contributed by atoms with E-state index in [0.29, 0.717) is 6.54 Å². The fourth-order valence-electron chi connectivity index (χ4n) is 2.11. The van der Waals surface area contributed by atoms with Crippen LogP contribution in [-0.4, -0.2) is 15.6 Å². The average molecular weight is 285 g/mol. The molecule has 0 aliphatic heterocycles. The van der Waals surface area contributed by atoms with Crippen molar-refractivity contribution < 1.29 is 9.90 Å². The summed E-state index contributed by atoms with van der Waals surface area (Å²) >= 11 is 0. The van der Waals surface area contributed by atoms with Gasteiger partial charge in [0.1, 0.15) is 5.56 Å². The first-order chi connectivity index (χ1) is 9.77. The van der Waals surface area contributed by atoms with Gasteiger partial charge in [0, 0.05) is 25.0 Å². The summed E-state index contributed by atoms with van der Waals surface area (Å²) in [7, 11) is 0. The van der Waals surface area contributed by atoms with Gasteiger partial charge in [0.25, 0.3) is 0 Å². The summed E-state index contributed by atoms with van der Waals surface area (Å²) in [4.78, 5) is 22.4. The zero-order valence-electron chi connectivity index (χ0n) is 12.5. The molecule has 0 amide bonds. The van der Waals surface area contributed by atoms with E-state index in [4.69, 9.17) is 5.11 Å². The summed E-state index contributed by atoms with van der Waals surface area (Å²) in [5.41, 5.74) is 1.73. The van der Waals surface area contributed by atoms with Crippen molar-refractivity contribution in [3.05, 3.63) is 69.6 Å². The third kappa shape index (κ3) is 3.60. The van der Waals surface area contributed by atoms with Crippen molar-refractivity contribution in [1.29, 1.82) is 0 Å². The molecule has 0 spiro atoms. The quantitative estimate of drug-likeness (QED) is 0.943. The number of aromatic carboxylic acids is 1. The lowest BCUT2D eigenvalue weighted by atomic mass is 9.87. The van der Waals surface area contributed by atoms with Gasteiger partial charge in [0.05, 0.1) is 0 Å². The monoisotopic (exact) mass is 285 g/mol. The minimum Gasteiger partial charge on any atom is -0.477 e. The van der Waals surface area contributed by atoms with Crippen LogP contribution in [-0.2, 0) is 12.0 Å². The molecule has 21 heavy (non-hydrogen) atoms. The number of benzene rings is 1. The van der Waals surface area contributed by atoms with E-state index in [-0.39, 0.29) is 11.0 Å². The Hall–Kier alpha value is -2.36. The lowest BCUT2D eigenvalue weighted by Crippen LogP contribution is -2.17. The van der Waals surface area contributed by atoms with Crippen molar-refractivity contribution in [2.45, 2.75) is 32.7 Å². The summed E-state index contributed by atoms with van der Waals surface area (Å²) < 4.78 is 1.71. The maximum absolute atomic E-state index is 11.4. The fourth-order valence-corrected chi connectivity index (χ4v) is 2.11. The number of carboxylic acid groups (broad SMARTS) is 1. The van der Waals surface area contributed by atoms with Gasteiger partial charge in [0.2, 0.25) is 0 Å². The number of rotatable bonds is 3. The van der Waals surface area contributed by atoms with E-state index in [2.05, 4.69) is 32.9 Å². The van der Waals surface area contributed by atoms with Gasteiger partial charge in [-0.1, -0.05) is 45.0 Å². The molecule has 0 saturated heterocycles. The van der Waals surface area contributed by atoms with Crippen molar-refractivity contribution >= 4 is 5.97 Å². The molecule has 1 N–H and O–H groups in total. The molecule has 0 saturated carbocycles. The standard InChI is InChI=1S/C17H19NO3/c1-17(2,3)13-6-4-12(5-7-13)10-18-9-8-15(19)14(11-18)16(20)21/h4-9,11H,10H2,1-3H3,(H,20,21). The Kier molecular flexibility index (Phi) is 3.98. The molecule has 110 valence electrons. The third-order valence-electron chi connectivity index (χ3n) is 3.39. The Labute approximate surface area is 123 Å². The second-order valence-corrected chi connectivity index (χ2v) is 6.15. The molecule has 0 aliphatic rings. The third-order valence-corrected chi connectivity index (χ3v) is 3.39. The van der Waals surface area contributed by atoms with Crippen LogP contribution in [0.4, 0.5) is 0 Å². The summed E-state index contributed by atoms with van der Waals surface area (Å²) in [5, 5.41) is 8.97. The van der Waals surface area contributed by atoms with Crippen molar-refractivity contribution in [3.8, 4) is 0 Å². The maximum atomic E-state index is 11.4. The Morgan fingerprint density at radius 3 is 2.29 bits per heavy atom. The molecule has 1 heterocycles. The molecule has 4 nitrogen and oxygen atoms in total. The Morgan fingerprint density at radius 2 is 1.76 bits per heavy atom. The van der Waals surface area contributed by atoms with Crippen molar-refractivity contribution in [2.24, 2.45) is 0 Å². The molecule has 2 rings (SSSR count). The highest BCUT2D eigenvalue weighted by molar-refractivity contribution is 5.86. The first kappa shape index (κ1) is 15.0. The first-order valence-corrected chi connectivity index (χ1v) is 6.80. The number of pyridine rings is 1. The lowest BCUT2D eigenvalue weighted by molar-refractivity contribution is 0.0694. The maximum Gasteiger partial charge on any atom is 0.341 e. The molecule has 1 aromatic carbocycles. The number of hydrogen-bond acceptors (Lipinski definition) is 2. The molecule has 0 atom stereocenters. The van der Waals surface area contributed by atoms with Crippen LogP contribution in [0.15, 0.2) is 47.5 Å². The highest BCUT2D eigenvalue weighted by Crippen LogP contribution is 2.22. The van der Waals surface area contributed by atoms with Crippen molar-refractivity contribution in [1.82, 2.24) is 4.57 Å². The molecule has 0 unspecified atom stereocenters. The molecular formula is C17H19NO3. The second kappa shape index (κ2) is 5.56. The van der Waals surface area contributed by atoms with Crippen LogP contribution >= 0.6 is 0 Å². The lowest BCUT2D eigenvalue weighted by Gasteiger charge is -2.19. The molecular weight excluding hydrogens is 266 g/mol. The number of carboxylic acids is 1. The topological polar surface area (TPSA) is 59.3 Å². The molecule has 0 aliphatic carbocycles. The summed E-state index contributed by atoms with van der Waals surface area (Å²) in [6.07, 6.45) is 2.98. The second-order valence-electron chi connectivity index (χ2n) is 6.15. The van der Waals surface area contributed by atoms with E-state index in [0.717, 1.165) is 5.56 Å². The van der Waals surface area contributed by atoms with Gasteiger partial charge in [-0.05, 0) is 16.5 Å². The van der Waals surface area contributed by atoms with Gasteiger partial charge < -0.3 is 9.67 Å². The van der Waals surface area contributed by atoms with Gasteiger partial charge in [-0.25, -0.2) is 4.79 Å². The Balaban J connectivity index is 2.25. The SMILES string of the molecule is CC(C)(C)c1ccc(Cn2ccc(=O)c(C(=O)O)c2)cc1. The number of nitrogens with zero attached hydrogens (tertiary/aromatic N) is 1. The first-order valence-electron chi connectivity index (χ1n) is 6.80. The predicted molar refractivity (Wildman–Crippen MR) is 81.9 cm³/mol. The molecule has 0 bridgehead atoms. The highest BCUT2D eigenvalue weighted by Gasteiger charge is 2.13. The van der Waals surface area contributed by atoms with Gasteiger partial charge in [-0.3, -0.25) is 4.79 Å². The number of carbonyl (C=O) groups is 1. The minimum atomic E-state index is -1.20. The van der Waals surface area contributed by atoms with Crippen LogP contribution < -0.4 is 5.43 Å². The number of hydrogen-bond donors (Lipinski definition) is 1. The molecule has 2 aromatic rings. The minimum absolute atomic E-state index is 0.104. The van der Waals surface area contributed by atoms with Crippen molar-refractivity contribution in [3.63, 3.8) is 0 Å². The van der Waals surface area contributed by atoms with E-state index in [1.54, 1.807) is 10.8 Å². The van der Waals surface area contributed by atoms with Crippen LogP contribution in [0.2, 0.25) is 0 Å². The van der Waals surface area contributed by atoms with Crippen LogP contribution in [0, 0.1) is 0 Å². The van der Waals surface area contributed by atoms with Crippen LogP contribution in [0.25, 0.3) is 0 Å². The highest BCUT2D eigenvalue weighted by atomic mass is 16.4. The van der Waals surface area contributed by atoms with Crippen molar-refractivity contribution in [2.75, 3.05) is 0 Å². The molecule has 0 radical (unpaired) electrons. The molecule has 0 fully saturated rings. The molecule has 4 heteroatoms. The van der Waals surface area contributed by atoms with Crippen LogP contribution in [0.3, 0.4) is 0 Å². The van der Waals surface area contributed by atoms with Crippen LogP contribution in [0.5, 0.6) is 0 Å².